The van der Waals surface area contributed by atoms with Gasteiger partial charge in [0.15, 0.2) is 0 Å². The van der Waals surface area contributed by atoms with E-state index in [9.17, 15) is 4.79 Å². The summed E-state index contributed by atoms with van der Waals surface area (Å²) in [6, 6.07) is 0. The third-order valence-corrected chi connectivity index (χ3v) is 2.55. The van der Waals surface area contributed by atoms with Gasteiger partial charge in [-0.1, -0.05) is 25.0 Å². The zero-order valence-corrected chi connectivity index (χ0v) is 7.61. The fourth-order valence-electron chi connectivity index (χ4n) is 2.10. The average molecular weight is 152 g/mol. The van der Waals surface area contributed by atoms with Crippen LogP contribution in [0.2, 0.25) is 0 Å². The predicted octanol–water partition coefficient (Wildman–Crippen LogP) is 2.71. The highest BCUT2D eigenvalue weighted by atomic mass is 16.1. The Morgan fingerprint density at radius 1 is 1.55 bits per heavy atom. The Labute approximate surface area is 68.5 Å². The molecule has 0 fully saturated rings. The van der Waals surface area contributed by atoms with E-state index < -0.39 is 0 Å². The molecule has 0 aliphatic heterocycles. The van der Waals surface area contributed by atoms with Crippen LogP contribution < -0.4 is 0 Å². The molecule has 1 aliphatic carbocycles. The second kappa shape index (κ2) is 2.80. The lowest BCUT2D eigenvalue weighted by atomic mass is 9.65. The van der Waals surface area contributed by atoms with Gasteiger partial charge in [-0.25, -0.2) is 0 Å². The largest absolute Gasteiger partial charge is 0.303 e. The van der Waals surface area contributed by atoms with Gasteiger partial charge >= 0.3 is 0 Å². The molecule has 0 unspecified atom stereocenters. The lowest BCUT2D eigenvalue weighted by Gasteiger charge is -2.40. The summed E-state index contributed by atoms with van der Waals surface area (Å²) in [6.45, 7) is 6.67. The molecular weight excluding hydrogens is 136 g/mol. The third-order valence-electron chi connectivity index (χ3n) is 2.55. The normalized spacial score (nSPS) is 21.4. The Morgan fingerprint density at radius 2 is 2.18 bits per heavy atom. The molecule has 0 spiro atoms. The number of hydrogen-bond donors (Lipinski definition) is 0. The Kier molecular flexibility index (Phi) is 2.17. The van der Waals surface area contributed by atoms with Crippen molar-refractivity contribution in [2.45, 2.75) is 40.0 Å². The van der Waals surface area contributed by atoms with Gasteiger partial charge in [0, 0.05) is 6.42 Å². The van der Waals surface area contributed by atoms with E-state index >= 15 is 0 Å². The second-order valence-corrected chi connectivity index (χ2v) is 4.02. The number of aldehydes is 1. The number of rotatable bonds is 3. The van der Waals surface area contributed by atoms with Crippen LogP contribution in [0.1, 0.15) is 40.0 Å². The first-order valence-corrected chi connectivity index (χ1v) is 4.20. The predicted molar refractivity (Wildman–Crippen MR) is 46.4 cm³/mol. The van der Waals surface area contributed by atoms with E-state index in [4.69, 9.17) is 0 Å². The van der Waals surface area contributed by atoms with Crippen molar-refractivity contribution < 1.29 is 4.79 Å². The minimum atomic E-state index is 0.382. The van der Waals surface area contributed by atoms with E-state index in [1.165, 1.54) is 17.6 Å². The van der Waals surface area contributed by atoms with E-state index in [1.807, 2.05) is 0 Å². The Morgan fingerprint density at radius 3 is 2.55 bits per heavy atom. The molecule has 0 N–H and O–H groups in total. The lowest BCUT2D eigenvalue weighted by Crippen LogP contribution is -2.26. The summed E-state index contributed by atoms with van der Waals surface area (Å²) in [5, 5.41) is 0. The highest BCUT2D eigenvalue weighted by molar-refractivity contribution is 5.50. The van der Waals surface area contributed by atoms with Crippen LogP contribution in [-0.2, 0) is 4.79 Å². The lowest BCUT2D eigenvalue weighted by molar-refractivity contribution is -0.107. The summed E-state index contributed by atoms with van der Waals surface area (Å²) in [7, 11) is 0. The first-order valence-electron chi connectivity index (χ1n) is 4.20. The Hall–Kier alpha value is -0.590. The minimum absolute atomic E-state index is 0.382. The molecule has 0 amide bonds. The number of carbonyl (C=O) groups excluding carboxylic acids is 1. The molecule has 0 saturated heterocycles. The van der Waals surface area contributed by atoms with Crippen LogP contribution in [-0.4, -0.2) is 6.29 Å². The van der Waals surface area contributed by atoms with Crippen molar-refractivity contribution in [3.8, 4) is 0 Å². The molecule has 1 aliphatic rings. The number of carbonyl (C=O) groups is 1. The smallest absolute Gasteiger partial charge is 0.120 e. The zero-order chi connectivity index (χ0) is 8.48. The van der Waals surface area contributed by atoms with E-state index in [1.54, 1.807) is 0 Å². The van der Waals surface area contributed by atoms with Gasteiger partial charge in [0.1, 0.15) is 6.29 Å². The molecule has 0 aromatic carbocycles. The van der Waals surface area contributed by atoms with Gasteiger partial charge in [-0.15, -0.1) is 0 Å². The van der Waals surface area contributed by atoms with Gasteiger partial charge in [0.05, 0.1) is 0 Å². The molecule has 0 aromatic heterocycles. The van der Waals surface area contributed by atoms with E-state index in [-0.39, 0.29) is 0 Å². The van der Waals surface area contributed by atoms with Gasteiger partial charge in [-0.3, -0.25) is 0 Å². The number of allylic oxidation sites excluding steroid dienone is 2. The molecule has 0 radical (unpaired) electrons. The Balaban J connectivity index is 2.56. The van der Waals surface area contributed by atoms with Crippen molar-refractivity contribution in [1.82, 2.24) is 0 Å². The van der Waals surface area contributed by atoms with E-state index in [0.29, 0.717) is 11.8 Å². The number of hydrogen-bond acceptors (Lipinski definition) is 1. The van der Waals surface area contributed by atoms with Crippen molar-refractivity contribution >= 4 is 6.29 Å². The monoisotopic (exact) mass is 152 g/mol. The minimum Gasteiger partial charge on any atom is -0.303 e. The molecule has 0 atom stereocenters. The maximum atomic E-state index is 10.1. The van der Waals surface area contributed by atoms with Crippen LogP contribution in [0.4, 0.5) is 0 Å². The summed E-state index contributed by atoms with van der Waals surface area (Å²) in [4.78, 5) is 10.1. The zero-order valence-electron chi connectivity index (χ0n) is 7.61. The molecule has 62 valence electrons. The maximum absolute atomic E-state index is 10.1. The topological polar surface area (TPSA) is 17.1 Å². The molecule has 0 bridgehead atoms. The van der Waals surface area contributed by atoms with Crippen molar-refractivity contribution in [3.63, 3.8) is 0 Å². The van der Waals surface area contributed by atoms with Crippen LogP contribution in [0.25, 0.3) is 0 Å². The Bertz CT molecular complexity index is 199. The van der Waals surface area contributed by atoms with Crippen LogP contribution in [0.15, 0.2) is 11.1 Å². The van der Waals surface area contributed by atoms with Gasteiger partial charge in [-0.05, 0) is 25.2 Å². The van der Waals surface area contributed by atoms with Gasteiger partial charge < -0.3 is 4.79 Å². The molecular formula is C10H16O. The first-order chi connectivity index (χ1) is 5.08. The quantitative estimate of drug-likeness (QED) is 0.449. The summed E-state index contributed by atoms with van der Waals surface area (Å²) >= 11 is 0. The highest BCUT2D eigenvalue weighted by Crippen LogP contribution is 2.47. The molecule has 1 heteroatoms. The van der Waals surface area contributed by atoms with Crippen LogP contribution in [0.3, 0.4) is 0 Å². The van der Waals surface area contributed by atoms with Crippen molar-refractivity contribution in [3.05, 3.63) is 11.1 Å². The summed E-state index contributed by atoms with van der Waals surface area (Å²) in [5.74, 6) is 0. The van der Waals surface area contributed by atoms with Crippen molar-refractivity contribution in [2.75, 3.05) is 0 Å². The van der Waals surface area contributed by atoms with E-state index in [2.05, 4.69) is 20.8 Å². The fraction of sp³-hybridized carbons (Fsp3) is 0.700. The van der Waals surface area contributed by atoms with Crippen LogP contribution >= 0.6 is 0 Å². The summed E-state index contributed by atoms with van der Waals surface area (Å²) < 4.78 is 0. The van der Waals surface area contributed by atoms with Crippen molar-refractivity contribution in [2.24, 2.45) is 5.41 Å². The standard InChI is InChI=1S/C10H16O/c1-8-7-10(2,3)9(8)5-4-6-11/h6H,4-5,7H2,1-3H3. The fourth-order valence-corrected chi connectivity index (χ4v) is 2.10. The first kappa shape index (κ1) is 8.51. The molecule has 1 rings (SSSR count). The molecule has 11 heavy (non-hydrogen) atoms. The SMILES string of the molecule is CC1=C(CCC=O)C(C)(C)C1. The van der Waals surface area contributed by atoms with E-state index in [0.717, 1.165) is 12.7 Å². The van der Waals surface area contributed by atoms with Gasteiger partial charge in [0.2, 0.25) is 0 Å². The highest BCUT2D eigenvalue weighted by Gasteiger charge is 2.33. The average Bonchev–Trinajstić information content (AvgIpc) is 1.86. The van der Waals surface area contributed by atoms with Gasteiger partial charge in [0.25, 0.3) is 0 Å². The van der Waals surface area contributed by atoms with Crippen LogP contribution in [0, 0.1) is 5.41 Å². The van der Waals surface area contributed by atoms with Crippen LogP contribution in [0.5, 0.6) is 0 Å². The second-order valence-electron chi connectivity index (χ2n) is 4.02. The summed E-state index contributed by atoms with van der Waals surface area (Å²) in [6.07, 6.45) is 3.88. The summed E-state index contributed by atoms with van der Waals surface area (Å²) in [5.41, 5.74) is 3.38. The maximum Gasteiger partial charge on any atom is 0.120 e. The molecule has 0 aromatic rings. The molecule has 1 nitrogen and oxygen atoms in total. The molecule has 0 saturated carbocycles. The van der Waals surface area contributed by atoms with Crippen molar-refractivity contribution in [1.29, 1.82) is 0 Å². The molecule has 0 heterocycles. The third kappa shape index (κ3) is 1.52. The van der Waals surface area contributed by atoms with Gasteiger partial charge in [-0.2, -0.15) is 0 Å².